The SMILES string of the molecule is Cc1cc(C(C(=O)NC2CCCCC2)N(CC#N)C(=O)C(CC(N)=O)NC(=O)OC(C)(C)C)ccc1O. The van der Waals surface area contributed by atoms with Crippen LogP contribution in [0.1, 0.15) is 76.5 Å². The van der Waals surface area contributed by atoms with E-state index in [1.807, 2.05) is 6.07 Å². The second-order valence-corrected chi connectivity index (χ2v) is 10.3. The number of rotatable bonds is 9. The quantitative estimate of drug-likeness (QED) is 0.365. The number of aryl methyl sites for hydroxylation is 1. The third kappa shape index (κ3) is 8.97. The fourth-order valence-corrected chi connectivity index (χ4v) is 4.27. The van der Waals surface area contributed by atoms with Crippen LogP contribution in [0.2, 0.25) is 0 Å². The summed E-state index contributed by atoms with van der Waals surface area (Å²) < 4.78 is 5.22. The van der Waals surface area contributed by atoms with E-state index in [2.05, 4.69) is 10.6 Å². The minimum Gasteiger partial charge on any atom is -0.508 e. The van der Waals surface area contributed by atoms with E-state index < -0.39 is 54.5 Å². The minimum absolute atomic E-state index is 0.00606. The van der Waals surface area contributed by atoms with Gasteiger partial charge in [0.1, 0.15) is 30.0 Å². The van der Waals surface area contributed by atoms with Crippen molar-refractivity contribution in [2.75, 3.05) is 6.54 Å². The average molecular weight is 516 g/mol. The largest absolute Gasteiger partial charge is 0.508 e. The summed E-state index contributed by atoms with van der Waals surface area (Å²) >= 11 is 0. The molecule has 4 amide bonds. The van der Waals surface area contributed by atoms with Gasteiger partial charge in [0.2, 0.25) is 17.7 Å². The number of ether oxygens (including phenoxy) is 1. The van der Waals surface area contributed by atoms with E-state index in [0.717, 1.165) is 37.0 Å². The smallest absolute Gasteiger partial charge is 0.408 e. The van der Waals surface area contributed by atoms with Crippen LogP contribution in [0.3, 0.4) is 0 Å². The normalized spacial score (nSPS) is 15.5. The van der Waals surface area contributed by atoms with E-state index in [4.69, 9.17) is 10.5 Å². The molecule has 11 heteroatoms. The molecule has 5 N–H and O–H groups in total. The number of nitrogens with two attached hydrogens (primary N) is 1. The number of nitrogens with one attached hydrogen (secondary N) is 2. The van der Waals surface area contributed by atoms with Crippen LogP contribution in [0, 0.1) is 18.3 Å². The number of nitriles is 1. The zero-order chi connectivity index (χ0) is 27.8. The van der Waals surface area contributed by atoms with Gasteiger partial charge in [0.05, 0.1) is 12.5 Å². The van der Waals surface area contributed by atoms with Crippen LogP contribution in [0.4, 0.5) is 4.79 Å². The molecule has 0 saturated heterocycles. The van der Waals surface area contributed by atoms with Crippen LogP contribution in [-0.4, -0.2) is 58.1 Å². The maximum atomic E-state index is 13.7. The zero-order valence-electron chi connectivity index (χ0n) is 21.9. The molecule has 1 aromatic rings. The molecule has 11 nitrogen and oxygen atoms in total. The topological polar surface area (TPSA) is 175 Å². The first-order valence-electron chi connectivity index (χ1n) is 12.4. The Kier molecular flexibility index (Phi) is 10.3. The summed E-state index contributed by atoms with van der Waals surface area (Å²) in [5, 5.41) is 24.9. The summed E-state index contributed by atoms with van der Waals surface area (Å²) in [5.41, 5.74) is 5.30. The van der Waals surface area contributed by atoms with Crippen LogP contribution in [-0.2, 0) is 19.1 Å². The lowest BCUT2D eigenvalue weighted by molar-refractivity contribution is -0.143. The molecule has 0 aromatic heterocycles. The Morgan fingerprint density at radius 3 is 2.41 bits per heavy atom. The van der Waals surface area contributed by atoms with Gasteiger partial charge in [0, 0.05) is 6.04 Å². The number of phenols is 1. The Balaban J connectivity index is 2.47. The molecule has 2 rings (SSSR count). The van der Waals surface area contributed by atoms with Crippen LogP contribution in [0.15, 0.2) is 18.2 Å². The second-order valence-electron chi connectivity index (χ2n) is 10.3. The Morgan fingerprint density at radius 1 is 1.22 bits per heavy atom. The highest BCUT2D eigenvalue weighted by molar-refractivity contribution is 5.94. The molecular formula is C26H37N5O6. The van der Waals surface area contributed by atoms with Crippen molar-refractivity contribution in [2.24, 2.45) is 5.73 Å². The molecule has 1 aliphatic rings. The minimum atomic E-state index is -1.47. The van der Waals surface area contributed by atoms with Gasteiger partial charge in [-0.25, -0.2) is 4.79 Å². The van der Waals surface area contributed by atoms with E-state index in [0.29, 0.717) is 11.1 Å². The van der Waals surface area contributed by atoms with E-state index in [-0.39, 0.29) is 11.8 Å². The number of hydrogen-bond acceptors (Lipinski definition) is 7. The molecule has 0 heterocycles. The molecule has 202 valence electrons. The fraction of sp³-hybridized carbons (Fsp3) is 0.577. The molecule has 1 aliphatic carbocycles. The van der Waals surface area contributed by atoms with Crippen molar-refractivity contribution in [1.82, 2.24) is 15.5 Å². The summed E-state index contributed by atoms with van der Waals surface area (Å²) in [4.78, 5) is 52.5. The van der Waals surface area contributed by atoms with Crippen molar-refractivity contribution < 1.29 is 29.0 Å². The van der Waals surface area contributed by atoms with E-state index in [1.165, 1.54) is 12.1 Å². The van der Waals surface area contributed by atoms with Crippen molar-refractivity contribution in [2.45, 2.75) is 89.9 Å². The monoisotopic (exact) mass is 515 g/mol. The van der Waals surface area contributed by atoms with Crippen LogP contribution in [0.5, 0.6) is 5.75 Å². The van der Waals surface area contributed by atoms with Gasteiger partial charge in [-0.2, -0.15) is 5.26 Å². The number of phenolic OH excluding ortho intramolecular Hbond substituents is 1. The summed E-state index contributed by atoms with van der Waals surface area (Å²) in [6, 6.07) is 3.55. The number of benzene rings is 1. The van der Waals surface area contributed by atoms with Gasteiger partial charge in [0.25, 0.3) is 0 Å². The average Bonchev–Trinajstić information content (AvgIpc) is 2.79. The number of hydrogen-bond donors (Lipinski definition) is 4. The molecule has 1 fully saturated rings. The number of amides is 4. The van der Waals surface area contributed by atoms with Gasteiger partial charge < -0.3 is 31.1 Å². The maximum Gasteiger partial charge on any atom is 0.408 e. The predicted molar refractivity (Wildman–Crippen MR) is 135 cm³/mol. The van der Waals surface area contributed by atoms with Gasteiger partial charge in [-0.1, -0.05) is 25.3 Å². The summed E-state index contributed by atoms with van der Waals surface area (Å²) in [6.45, 7) is 6.05. The number of primary amides is 1. The highest BCUT2D eigenvalue weighted by Gasteiger charge is 2.37. The first-order chi connectivity index (χ1) is 17.3. The van der Waals surface area contributed by atoms with Crippen molar-refractivity contribution in [1.29, 1.82) is 5.26 Å². The van der Waals surface area contributed by atoms with Gasteiger partial charge in [0.15, 0.2) is 0 Å². The van der Waals surface area contributed by atoms with E-state index in [1.54, 1.807) is 33.8 Å². The first-order valence-corrected chi connectivity index (χ1v) is 12.4. The molecule has 0 bridgehead atoms. The van der Waals surface area contributed by atoms with Crippen molar-refractivity contribution in [3.8, 4) is 11.8 Å². The van der Waals surface area contributed by atoms with Crippen LogP contribution in [0.25, 0.3) is 0 Å². The Labute approximate surface area is 217 Å². The Hall–Kier alpha value is -3.81. The lowest BCUT2D eigenvalue weighted by atomic mass is 9.94. The number of nitrogens with zero attached hydrogens (tertiary/aromatic N) is 2. The molecule has 1 aromatic carbocycles. The van der Waals surface area contributed by atoms with Gasteiger partial charge in [-0.15, -0.1) is 0 Å². The third-order valence-corrected chi connectivity index (χ3v) is 5.97. The molecule has 0 radical (unpaired) electrons. The standard InChI is InChI=1S/C26H37N5O6/c1-16-14-17(10-11-20(16)32)22(23(34)29-18-8-6-5-7-9-18)31(13-12-27)24(35)19(15-21(28)33)30-25(36)37-26(2,3)4/h10-11,14,18-19,22,32H,5-9,13,15H2,1-4H3,(H2,28,33)(H,29,34)(H,30,36). The predicted octanol–water partition coefficient (Wildman–Crippen LogP) is 2.31. The Morgan fingerprint density at radius 2 is 1.86 bits per heavy atom. The zero-order valence-corrected chi connectivity index (χ0v) is 21.9. The highest BCUT2D eigenvalue weighted by Crippen LogP contribution is 2.28. The van der Waals surface area contributed by atoms with E-state index in [9.17, 15) is 29.5 Å². The third-order valence-electron chi connectivity index (χ3n) is 5.97. The molecule has 37 heavy (non-hydrogen) atoms. The Bertz CT molecular complexity index is 1040. The van der Waals surface area contributed by atoms with Crippen LogP contribution >= 0.6 is 0 Å². The maximum absolute atomic E-state index is 13.7. The summed E-state index contributed by atoms with van der Waals surface area (Å²) in [6.07, 6.45) is 3.09. The van der Waals surface area contributed by atoms with Gasteiger partial charge >= 0.3 is 6.09 Å². The second kappa shape index (κ2) is 12.9. The molecule has 2 unspecified atom stereocenters. The number of carbonyl (C=O) groups excluding carboxylic acids is 4. The highest BCUT2D eigenvalue weighted by atomic mass is 16.6. The molecule has 2 atom stereocenters. The first kappa shape index (κ1) is 29.4. The lowest BCUT2D eigenvalue weighted by Gasteiger charge is -2.34. The lowest BCUT2D eigenvalue weighted by Crippen LogP contribution is -2.54. The molecule has 1 saturated carbocycles. The van der Waals surface area contributed by atoms with Crippen molar-refractivity contribution in [3.63, 3.8) is 0 Å². The van der Waals surface area contributed by atoms with Crippen molar-refractivity contribution in [3.05, 3.63) is 29.3 Å². The summed E-state index contributed by atoms with van der Waals surface area (Å²) in [7, 11) is 0. The number of carbonyl (C=O) groups is 4. The van der Waals surface area contributed by atoms with Gasteiger partial charge in [-0.3, -0.25) is 14.4 Å². The molecular weight excluding hydrogens is 478 g/mol. The number of alkyl carbamates (subject to hydrolysis) is 1. The van der Waals surface area contributed by atoms with Crippen LogP contribution < -0.4 is 16.4 Å². The molecule has 0 spiro atoms. The number of aromatic hydroxyl groups is 1. The molecule has 0 aliphatic heterocycles. The van der Waals surface area contributed by atoms with Gasteiger partial charge in [-0.05, 0) is 63.8 Å². The fourth-order valence-electron chi connectivity index (χ4n) is 4.27. The summed E-state index contributed by atoms with van der Waals surface area (Å²) in [5.74, 6) is -2.21. The van der Waals surface area contributed by atoms with Crippen molar-refractivity contribution >= 4 is 23.8 Å². The van der Waals surface area contributed by atoms with E-state index >= 15 is 0 Å².